The molecule has 0 radical (unpaired) electrons. The summed E-state index contributed by atoms with van der Waals surface area (Å²) in [5, 5.41) is 2.45. The van der Waals surface area contributed by atoms with Crippen LogP contribution in [-0.4, -0.2) is 30.9 Å². The predicted molar refractivity (Wildman–Crippen MR) is 80.2 cm³/mol. The van der Waals surface area contributed by atoms with Crippen LogP contribution in [0.15, 0.2) is 18.2 Å². The quantitative estimate of drug-likeness (QED) is 0.775. The standard InChI is InChI=1S/C16H22F4N2O/c1-11(2)6-7-22(3)10-15(23)21-9-12-4-5-13(17)8-14(12)16(18,19)20/h4-5,8,11H,6-7,9-10H2,1-3H3,(H,21,23). The Labute approximate surface area is 133 Å². The normalized spacial score (nSPS) is 12.0. The smallest absolute Gasteiger partial charge is 0.351 e. The molecule has 0 aliphatic rings. The van der Waals surface area contributed by atoms with Crippen molar-refractivity contribution in [3.8, 4) is 0 Å². The number of nitrogens with zero attached hydrogens (tertiary/aromatic N) is 1. The zero-order chi connectivity index (χ0) is 17.6. The first-order valence-electron chi connectivity index (χ1n) is 7.40. The van der Waals surface area contributed by atoms with Crippen molar-refractivity contribution in [3.63, 3.8) is 0 Å². The van der Waals surface area contributed by atoms with Gasteiger partial charge in [0.15, 0.2) is 0 Å². The van der Waals surface area contributed by atoms with Crippen LogP contribution in [0.5, 0.6) is 0 Å². The summed E-state index contributed by atoms with van der Waals surface area (Å²) >= 11 is 0. The number of alkyl halides is 3. The van der Waals surface area contributed by atoms with Crippen LogP contribution in [0.25, 0.3) is 0 Å². The SMILES string of the molecule is CC(C)CCN(C)CC(=O)NCc1ccc(F)cc1C(F)(F)F. The van der Waals surface area contributed by atoms with Crippen LogP contribution in [-0.2, 0) is 17.5 Å². The maximum absolute atomic E-state index is 13.0. The number of halogens is 4. The molecule has 1 N–H and O–H groups in total. The fourth-order valence-electron chi connectivity index (χ4n) is 2.02. The average molecular weight is 334 g/mol. The van der Waals surface area contributed by atoms with Crippen molar-refractivity contribution in [2.45, 2.75) is 33.0 Å². The predicted octanol–water partition coefficient (Wildman–Crippen LogP) is 3.44. The summed E-state index contributed by atoms with van der Waals surface area (Å²) in [5.41, 5.74) is -1.22. The highest BCUT2D eigenvalue weighted by Gasteiger charge is 2.33. The summed E-state index contributed by atoms with van der Waals surface area (Å²) in [6.45, 7) is 4.69. The summed E-state index contributed by atoms with van der Waals surface area (Å²) < 4.78 is 51.6. The maximum atomic E-state index is 13.0. The van der Waals surface area contributed by atoms with Crippen molar-refractivity contribution in [2.75, 3.05) is 20.1 Å². The van der Waals surface area contributed by atoms with Crippen LogP contribution in [0.3, 0.4) is 0 Å². The highest BCUT2D eigenvalue weighted by Crippen LogP contribution is 2.32. The van der Waals surface area contributed by atoms with Gasteiger partial charge in [-0.05, 0) is 43.6 Å². The molecule has 0 heterocycles. The summed E-state index contributed by atoms with van der Waals surface area (Å²) in [6, 6.07) is 2.43. The minimum absolute atomic E-state index is 0.106. The molecule has 0 fully saturated rings. The fourth-order valence-corrected chi connectivity index (χ4v) is 2.02. The lowest BCUT2D eigenvalue weighted by molar-refractivity contribution is -0.138. The molecule has 23 heavy (non-hydrogen) atoms. The van der Waals surface area contributed by atoms with Gasteiger partial charge in [0.05, 0.1) is 12.1 Å². The summed E-state index contributed by atoms with van der Waals surface area (Å²) in [4.78, 5) is 13.6. The molecule has 1 amide bonds. The second-order valence-electron chi connectivity index (χ2n) is 6.00. The first-order chi connectivity index (χ1) is 10.6. The van der Waals surface area contributed by atoms with Crippen LogP contribution < -0.4 is 5.32 Å². The topological polar surface area (TPSA) is 32.3 Å². The fraction of sp³-hybridized carbons (Fsp3) is 0.562. The molecule has 3 nitrogen and oxygen atoms in total. The zero-order valence-electron chi connectivity index (χ0n) is 13.5. The van der Waals surface area contributed by atoms with E-state index in [2.05, 4.69) is 19.2 Å². The monoisotopic (exact) mass is 334 g/mol. The Hall–Kier alpha value is -1.63. The molecule has 0 aromatic heterocycles. The molecule has 130 valence electrons. The van der Waals surface area contributed by atoms with Crippen molar-refractivity contribution in [1.29, 1.82) is 0 Å². The van der Waals surface area contributed by atoms with Crippen LogP contribution in [0.2, 0.25) is 0 Å². The van der Waals surface area contributed by atoms with E-state index in [4.69, 9.17) is 0 Å². The van der Waals surface area contributed by atoms with Crippen LogP contribution in [0.4, 0.5) is 17.6 Å². The number of amides is 1. The van der Waals surface area contributed by atoms with Gasteiger partial charge in [0.25, 0.3) is 0 Å². The molecule has 1 aromatic rings. The molecular weight excluding hydrogens is 312 g/mol. The zero-order valence-corrected chi connectivity index (χ0v) is 13.5. The molecule has 0 saturated heterocycles. The van der Waals surface area contributed by atoms with E-state index in [-0.39, 0.29) is 24.6 Å². The Balaban J connectivity index is 2.60. The summed E-state index contributed by atoms with van der Waals surface area (Å²) in [6.07, 6.45) is -3.73. The van der Waals surface area contributed by atoms with E-state index >= 15 is 0 Å². The molecule has 7 heteroatoms. The summed E-state index contributed by atoms with van der Waals surface area (Å²) in [5.74, 6) is -0.816. The minimum Gasteiger partial charge on any atom is -0.351 e. The van der Waals surface area contributed by atoms with Gasteiger partial charge >= 0.3 is 6.18 Å². The van der Waals surface area contributed by atoms with Gasteiger partial charge in [0, 0.05) is 6.54 Å². The molecule has 0 saturated carbocycles. The number of hydrogen-bond donors (Lipinski definition) is 1. The summed E-state index contributed by atoms with van der Waals surface area (Å²) in [7, 11) is 1.78. The Morgan fingerprint density at radius 3 is 2.52 bits per heavy atom. The molecule has 0 atom stereocenters. The Morgan fingerprint density at radius 1 is 1.30 bits per heavy atom. The van der Waals surface area contributed by atoms with Crippen LogP contribution >= 0.6 is 0 Å². The van der Waals surface area contributed by atoms with E-state index in [1.54, 1.807) is 7.05 Å². The van der Waals surface area contributed by atoms with E-state index in [1.807, 2.05) is 4.90 Å². The third-order valence-corrected chi connectivity index (χ3v) is 3.36. The number of carbonyl (C=O) groups is 1. The first kappa shape index (κ1) is 19.4. The molecule has 0 aliphatic carbocycles. The molecular formula is C16H22F4N2O. The van der Waals surface area contributed by atoms with Gasteiger partial charge in [-0.25, -0.2) is 4.39 Å². The molecule has 0 aliphatic heterocycles. The van der Waals surface area contributed by atoms with E-state index in [0.717, 1.165) is 25.1 Å². The van der Waals surface area contributed by atoms with Crippen LogP contribution in [0.1, 0.15) is 31.4 Å². The number of benzene rings is 1. The number of rotatable bonds is 7. The van der Waals surface area contributed by atoms with Crippen molar-refractivity contribution in [1.82, 2.24) is 10.2 Å². The van der Waals surface area contributed by atoms with E-state index in [0.29, 0.717) is 12.0 Å². The maximum Gasteiger partial charge on any atom is 0.416 e. The lowest BCUT2D eigenvalue weighted by atomic mass is 10.1. The van der Waals surface area contributed by atoms with Gasteiger partial charge in [-0.3, -0.25) is 9.69 Å². The number of carbonyl (C=O) groups excluding carboxylic acids is 1. The Bertz CT molecular complexity index is 529. The lowest BCUT2D eigenvalue weighted by Crippen LogP contribution is -2.35. The van der Waals surface area contributed by atoms with E-state index < -0.39 is 17.6 Å². The van der Waals surface area contributed by atoms with Gasteiger partial charge in [-0.15, -0.1) is 0 Å². The Kier molecular flexibility index (Phi) is 7.00. The van der Waals surface area contributed by atoms with Gasteiger partial charge in [-0.1, -0.05) is 19.9 Å². The van der Waals surface area contributed by atoms with Crippen LogP contribution in [0, 0.1) is 11.7 Å². The highest BCUT2D eigenvalue weighted by atomic mass is 19.4. The average Bonchev–Trinajstić information content (AvgIpc) is 2.42. The first-order valence-corrected chi connectivity index (χ1v) is 7.40. The second kappa shape index (κ2) is 8.29. The number of likely N-dealkylation sites (N-methyl/N-ethyl adjacent to an activating group) is 1. The van der Waals surface area contributed by atoms with Gasteiger partial charge in [0.2, 0.25) is 5.91 Å². The third-order valence-electron chi connectivity index (χ3n) is 3.36. The largest absolute Gasteiger partial charge is 0.416 e. The van der Waals surface area contributed by atoms with Gasteiger partial charge < -0.3 is 5.32 Å². The molecule has 0 unspecified atom stereocenters. The molecule has 1 aromatic carbocycles. The van der Waals surface area contributed by atoms with E-state index in [1.165, 1.54) is 0 Å². The number of hydrogen-bond acceptors (Lipinski definition) is 2. The van der Waals surface area contributed by atoms with Crippen molar-refractivity contribution >= 4 is 5.91 Å². The Morgan fingerprint density at radius 2 is 1.96 bits per heavy atom. The van der Waals surface area contributed by atoms with Crippen molar-refractivity contribution in [3.05, 3.63) is 35.1 Å². The minimum atomic E-state index is -4.66. The molecule has 0 bridgehead atoms. The lowest BCUT2D eigenvalue weighted by Gasteiger charge is -2.18. The van der Waals surface area contributed by atoms with Crippen molar-refractivity contribution < 1.29 is 22.4 Å². The third kappa shape index (κ3) is 6.99. The van der Waals surface area contributed by atoms with Gasteiger partial charge in [-0.2, -0.15) is 13.2 Å². The number of nitrogens with one attached hydrogen (secondary N) is 1. The highest BCUT2D eigenvalue weighted by molar-refractivity contribution is 5.78. The molecule has 1 rings (SSSR count). The van der Waals surface area contributed by atoms with E-state index in [9.17, 15) is 22.4 Å². The van der Waals surface area contributed by atoms with Crippen molar-refractivity contribution in [2.24, 2.45) is 5.92 Å². The van der Waals surface area contributed by atoms with Gasteiger partial charge in [0.1, 0.15) is 5.82 Å². The second-order valence-corrected chi connectivity index (χ2v) is 6.00. The molecule has 0 spiro atoms.